The fourth-order valence-corrected chi connectivity index (χ4v) is 2.14. The lowest BCUT2D eigenvalue weighted by Crippen LogP contribution is -2.19. The summed E-state index contributed by atoms with van der Waals surface area (Å²) in [6.45, 7) is 3.48. The molecule has 2 rings (SSSR count). The summed E-state index contributed by atoms with van der Waals surface area (Å²) >= 11 is 0. The molecule has 1 N–H and O–H groups in total. The maximum Gasteiger partial charge on any atom is 0.303 e. The topological polar surface area (TPSA) is 64.3 Å². The molecule has 5 nitrogen and oxygen atoms in total. The van der Waals surface area contributed by atoms with Crippen molar-refractivity contribution >= 4 is 5.97 Å². The first-order valence-electron chi connectivity index (χ1n) is 6.00. The highest BCUT2D eigenvalue weighted by Gasteiger charge is 2.18. The Kier molecular flexibility index (Phi) is 3.78. The Bertz CT molecular complexity index is 383. The standard InChI is InChI=1S/C12H18N2O3/c1-9(6-12(15)16)10-7-13-14(8-10)11-2-4-17-5-3-11/h7-9,11H,2-6H2,1H3,(H,15,16). The molecular weight excluding hydrogens is 220 g/mol. The summed E-state index contributed by atoms with van der Waals surface area (Å²) in [4.78, 5) is 10.6. The molecule has 1 atom stereocenters. The zero-order valence-corrected chi connectivity index (χ0v) is 10.0. The Morgan fingerprint density at radius 3 is 3.00 bits per heavy atom. The second-order valence-corrected chi connectivity index (χ2v) is 4.60. The summed E-state index contributed by atoms with van der Waals surface area (Å²) in [5, 5.41) is 13.1. The fourth-order valence-electron chi connectivity index (χ4n) is 2.14. The van der Waals surface area contributed by atoms with Crippen molar-refractivity contribution in [2.45, 2.75) is 38.1 Å². The van der Waals surface area contributed by atoms with Gasteiger partial charge in [0.1, 0.15) is 0 Å². The van der Waals surface area contributed by atoms with Crippen LogP contribution in [-0.2, 0) is 9.53 Å². The van der Waals surface area contributed by atoms with E-state index in [2.05, 4.69) is 5.10 Å². The largest absolute Gasteiger partial charge is 0.481 e. The number of aliphatic carboxylic acids is 1. The molecule has 1 aliphatic rings. The van der Waals surface area contributed by atoms with Crippen molar-refractivity contribution in [2.24, 2.45) is 0 Å². The van der Waals surface area contributed by atoms with Gasteiger partial charge < -0.3 is 9.84 Å². The molecule has 1 unspecified atom stereocenters. The maximum atomic E-state index is 10.6. The van der Waals surface area contributed by atoms with Crippen LogP contribution in [0.5, 0.6) is 0 Å². The summed E-state index contributed by atoms with van der Waals surface area (Å²) in [6, 6.07) is 0.398. The molecule has 0 amide bonds. The van der Waals surface area contributed by atoms with Gasteiger partial charge in [0.15, 0.2) is 0 Å². The lowest BCUT2D eigenvalue weighted by atomic mass is 10.0. The van der Waals surface area contributed by atoms with Crippen molar-refractivity contribution in [3.05, 3.63) is 18.0 Å². The van der Waals surface area contributed by atoms with Gasteiger partial charge in [-0.1, -0.05) is 6.92 Å². The molecule has 94 valence electrons. The lowest BCUT2D eigenvalue weighted by molar-refractivity contribution is -0.137. The third kappa shape index (κ3) is 3.06. The van der Waals surface area contributed by atoms with Gasteiger partial charge in [0.05, 0.1) is 18.7 Å². The number of carboxylic acid groups (broad SMARTS) is 1. The highest BCUT2D eigenvalue weighted by molar-refractivity contribution is 5.67. The quantitative estimate of drug-likeness (QED) is 0.868. The van der Waals surface area contributed by atoms with E-state index in [0.29, 0.717) is 6.04 Å². The van der Waals surface area contributed by atoms with Crippen LogP contribution in [0.25, 0.3) is 0 Å². The minimum atomic E-state index is -0.767. The van der Waals surface area contributed by atoms with Gasteiger partial charge in [-0.25, -0.2) is 0 Å². The van der Waals surface area contributed by atoms with Gasteiger partial charge >= 0.3 is 5.97 Å². The zero-order chi connectivity index (χ0) is 12.3. The number of hydrogen-bond donors (Lipinski definition) is 1. The molecule has 1 fully saturated rings. The summed E-state index contributed by atoms with van der Waals surface area (Å²) < 4.78 is 7.26. The zero-order valence-electron chi connectivity index (χ0n) is 10.0. The molecule has 1 aromatic heterocycles. The minimum Gasteiger partial charge on any atom is -0.481 e. The van der Waals surface area contributed by atoms with Crippen molar-refractivity contribution in [1.82, 2.24) is 9.78 Å². The van der Waals surface area contributed by atoms with E-state index in [9.17, 15) is 4.79 Å². The van der Waals surface area contributed by atoms with E-state index in [4.69, 9.17) is 9.84 Å². The van der Waals surface area contributed by atoms with Crippen LogP contribution in [0.3, 0.4) is 0 Å². The first kappa shape index (κ1) is 12.1. The Morgan fingerprint density at radius 2 is 2.35 bits per heavy atom. The van der Waals surface area contributed by atoms with Crippen LogP contribution in [0.1, 0.15) is 43.7 Å². The van der Waals surface area contributed by atoms with Crippen molar-refractivity contribution < 1.29 is 14.6 Å². The Morgan fingerprint density at radius 1 is 1.65 bits per heavy atom. The van der Waals surface area contributed by atoms with Crippen LogP contribution in [0.4, 0.5) is 0 Å². The van der Waals surface area contributed by atoms with Crippen molar-refractivity contribution in [3.63, 3.8) is 0 Å². The SMILES string of the molecule is CC(CC(=O)O)c1cnn(C2CCOCC2)c1. The molecule has 1 aliphatic heterocycles. The Hall–Kier alpha value is -1.36. The van der Waals surface area contributed by atoms with Crippen molar-refractivity contribution in [1.29, 1.82) is 0 Å². The molecule has 0 aliphatic carbocycles. The predicted molar refractivity (Wildman–Crippen MR) is 62.0 cm³/mol. The summed E-state index contributed by atoms with van der Waals surface area (Å²) in [5.74, 6) is -0.752. The van der Waals surface area contributed by atoms with Crippen LogP contribution in [0.15, 0.2) is 12.4 Å². The van der Waals surface area contributed by atoms with E-state index < -0.39 is 5.97 Å². The highest BCUT2D eigenvalue weighted by Crippen LogP contribution is 2.23. The second kappa shape index (κ2) is 5.31. The van der Waals surface area contributed by atoms with Gasteiger partial charge in [-0.2, -0.15) is 5.10 Å². The Labute approximate surface area is 100 Å². The lowest BCUT2D eigenvalue weighted by Gasteiger charge is -2.22. The van der Waals surface area contributed by atoms with E-state index in [1.807, 2.05) is 17.8 Å². The average Bonchev–Trinajstić information content (AvgIpc) is 2.78. The first-order chi connectivity index (χ1) is 8.16. The molecule has 2 heterocycles. The van der Waals surface area contributed by atoms with Gasteiger partial charge in [-0.05, 0) is 24.3 Å². The van der Waals surface area contributed by atoms with Crippen molar-refractivity contribution in [2.75, 3.05) is 13.2 Å². The molecule has 1 saturated heterocycles. The van der Waals surface area contributed by atoms with E-state index >= 15 is 0 Å². The van der Waals surface area contributed by atoms with Crippen LogP contribution in [0, 0.1) is 0 Å². The molecule has 0 spiro atoms. The number of hydrogen-bond acceptors (Lipinski definition) is 3. The number of carbonyl (C=O) groups is 1. The Balaban J connectivity index is 2.01. The van der Waals surface area contributed by atoms with E-state index in [0.717, 1.165) is 31.6 Å². The smallest absolute Gasteiger partial charge is 0.303 e. The third-order valence-electron chi connectivity index (χ3n) is 3.24. The minimum absolute atomic E-state index is 0.0149. The number of rotatable bonds is 4. The predicted octanol–water partition coefficient (Wildman–Crippen LogP) is 1.81. The van der Waals surface area contributed by atoms with Gasteiger partial charge in [-0.3, -0.25) is 9.48 Å². The molecule has 0 bridgehead atoms. The molecule has 0 aromatic carbocycles. The van der Waals surface area contributed by atoms with E-state index in [1.165, 1.54) is 0 Å². The first-order valence-corrected chi connectivity index (χ1v) is 6.00. The number of ether oxygens (including phenoxy) is 1. The molecule has 1 aromatic rings. The normalized spacial score (nSPS) is 19.1. The van der Waals surface area contributed by atoms with Gasteiger partial charge in [0.2, 0.25) is 0 Å². The molecule has 5 heteroatoms. The van der Waals surface area contributed by atoms with Gasteiger partial charge in [0.25, 0.3) is 0 Å². The third-order valence-corrected chi connectivity index (χ3v) is 3.24. The molecule has 0 radical (unpaired) electrons. The van der Waals surface area contributed by atoms with Gasteiger partial charge in [-0.15, -0.1) is 0 Å². The summed E-state index contributed by atoms with van der Waals surface area (Å²) in [6.07, 6.45) is 5.87. The average molecular weight is 238 g/mol. The van der Waals surface area contributed by atoms with E-state index in [1.54, 1.807) is 6.20 Å². The van der Waals surface area contributed by atoms with Gasteiger partial charge in [0, 0.05) is 19.4 Å². The van der Waals surface area contributed by atoms with Crippen LogP contribution >= 0.6 is 0 Å². The van der Waals surface area contributed by atoms with E-state index in [-0.39, 0.29) is 12.3 Å². The molecular formula is C12H18N2O3. The van der Waals surface area contributed by atoms with Crippen LogP contribution in [-0.4, -0.2) is 34.1 Å². The van der Waals surface area contributed by atoms with Crippen LogP contribution < -0.4 is 0 Å². The highest BCUT2D eigenvalue weighted by atomic mass is 16.5. The summed E-state index contributed by atoms with van der Waals surface area (Å²) in [5.41, 5.74) is 0.999. The molecule has 0 saturated carbocycles. The monoisotopic (exact) mass is 238 g/mol. The number of nitrogens with zero attached hydrogens (tertiary/aromatic N) is 2. The fraction of sp³-hybridized carbons (Fsp3) is 0.667. The number of carboxylic acids is 1. The van der Waals surface area contributed by atoms with Crippen LogP contribution in [0.2, 0.25) is 0 Å². The van der Waals surface area contributed by atoms with Crippen molar-refractivity contribution in [3.8, 4) is 0 Å². The number of aromatic nitrogens is 2. The molecule has 17 heavy (non-hydrogen) atoms. The summed E-state index contributed by atoms with van der Waals surface area (Å²) in [7, 11) is 0. The second-order valence-electron chi connectivity index (χ2n) is 4.60. The maximum absolute atomic E-state index is 10.6.